The van der Waals surface area contributed by atoms with Gasteiger partial charge in [-0.1, -0.05) is 38.0 Å². The minimum Gasteiger partial charge on any atom is -0.497 e. The van der Waals surface area contributed by atoms with Gasteiger partial charge < -0.3 is 9.84 Å². The first-order valence-electron chi connectivity index (χ1n) is 7.44. The number of rotatable bonds is 2. The third-order valence-electron chi connectivity index (χ3n) is 4.81. The Bertz CT molecular complexity index is 620. The summed E-state index contributed by atoms with van der Waals surface area (Å²) in [6.45, 7) is 2.16. The van der Waals surface area contributed by atoms with Crippen molar-refractivity contribution in [2.75, 3.05) is 7.11 Å². The van der Waals surface area contributed by atoms with Gasteiger partial charge >= 0.3 is 0 Å². The Morgan fingerprint density at radius 2 is 1.85 bits per heavy atom. The van der Waals surface area contributed by atoms with Crippen molar-refractivity contribution in [1.29, 1.82) is 0 Å². The Labute approximate surface area is 120 Å². The minimum absolute atomic E-state index is 0.326. The molecule has 2 aromatic rings. The van der Waals surface area contributed by atoms with Gasteiger partial charge in [0, 0.05) is 0 Å². The van der Waals surface area contributed by atoms with Crippen molar-refractivity contribution in [2.24, 2.45) is 5.92 Å². The van der Waals surface area contributed by atoms with Crippen molar-refractivity contribution in [1.82, 2.24) is 0 Å². The van der Waals surface area contributed by atoms with Crippen molar-refractivity contribution in [3.8, 4) is 5.75 Å². The molecule has 1 N–H and O–H groups in total. The first-order valence-corrected chi connectivity index (χ1v) is 7.44. The largest absolute Gasteiger partial charge is 0.497 e. The molecular weight excluding hydrogens is 248 g/mol. The number of aliphatic hydroxyl groups is 1. The molecule has 0 aliphatic heterocycles. The molecule has 2 nitrogen and oxygen atoms in total. The van der Waals surface area contributed by atoms with Crippen LogP contribution >= 0.6 is 0 Å². The van der Waals surface area contributed by atoms with Crippen LogP contribution in [0.25, 0.3) is 10.8 Å². The standard InChI is InChI=1S/C18H22O2/c1-13-5-3-4-10-18(13,19)16-8-6-15-12-17(20-2)9-7-14(15)11-16/h6-9,11-13,19H,3-5,10H2,1-2H3. The number of hydrogen-bond acceptors (Lipinski definition) is 2. The molecule has 0 bridgehead atoms. The zero-order valence-electron chi connectivity index (χ0n) is 12.2. The predicted molar refractivity (Wildman–Crippen MR) is 82.0 cm³/mol. The fraction of sp³-hybridized carbons (Fsp3) is 0.444. The average molecular weight is 270 g/mol. The monoisotopic (exact) mass is 270 g/mol. The lowest BCUT2D eigenvalue weighted by Gasteiger charge is -2.38. The van der Waals surface area contributed by atoms with E-state index in [2.05, 4.69) is 31.2 Å². The van der Waals surface area contributed by atoms with Gasteiger partial charge in [-0.25, -0.2) is 0 Å². The summed E-state index contributed by atoms with van der Waals surface area (Å²) in [6.07, 6.45) is 4.32. The van der Waals surface area contributed by atoms with E-state index in [9.17, 15) is 5.11 Å². The molecular formula is C18H22O2. The molecule has 1 aliphatic carbocycles. The van der Waals surface area contributed by atoms with Crippen LogP contribution in [-0.2, 0) is 5.60 Å². The smallest absolute Gasteiger partial charge is 0.119 e. The van der Waals surface area contributed by atoms with Crippen LogP contribution < -0.4 is 4.74 Å². The highest BCUT2D eigenvalue weighted by Gasteiger charge is 2.37. The van der Waals surface area contributed by atoms with E-state index in [1.54, 1.807) is 7.11 Å². The first-order chi connectivity index (χ1) is 9.63. The maximum absolute atomic E-state index is 11.0. The normalized spacial score (nSPS) is 26.6. The molecule has 1 aliphatic rings. The molecule has 2 atom stereocenters. The van der Waals surface area contributed by atoms with Crippen molar-refractivity contribution in [2.45, 2.75) is 38.2 Å². The Kier molecular flexibility index (Phi) is 3.43. The van der Waals surface area contributed by atoms with Gasteiger partial charge in [0.2, 0.25) is 0 Å². The molecule has 1 saturated carbocycles. The van der Waals surface area contributed by atoms with Crippen molar-refractivity contribution in [3.63, 3.8) is 0 Å². The summed E-state index contributed by atoms with van der Waals surface area (Å²) in [6, 6.07) is 12.4. The van der Waals surface area contributed by atoms with Crippen LogP contribution in [0.3, 0.4) is 0 Å². The molecule has 0 aromatic heterocycles. The summed E-state index contributed by atoms with van der Waals surface area (Å²) in [5, 5.41) is 13.4. The lowest BCUT2D eigenvalue weighted by molar-refractivity contribution is -0.0468. The molecule has 2 unspecified atom stereocenters. The van der Waals surface area contributed by atoms with E-state index in [1.807, 2.05) is 12.1 Å². The maximum Gasteiger partial charge on any atom is 0.119 e. The van der Waals surface area contributed by atoms with Crippen molar-refractivity contribution in [3.05, 3.63) is 42.0 Å². The second-order valence-corrected chi connectivity index (χ2v) is 6.00. The third-order valence-corrected chi connectivity index (χ3v) is 4.81. The highest BCUT2D eigenvalue weighted by Crippen LogP contribution is 2.42. The van der Waals surface area contributed by atoms with Crippen molar-refractivity contribution >= 4 is 10.8 Å². The van der Waals surface area contributed by atoms with Crippen LogP contribution in [0.4, 0.5) is 0 Å². The fourth-order valence-electron chi connectivity index (χ4n) is 3.38. The zero-order chi connectivity index (χ0) is 14.2. The molecule has 0 radical (unpaired) electrons. The van der Waals surface area contributed by atoms with E-state index < -0.39 is 5.60 Å². The van der Waals surface area contributed by atoms with Gasteiger partial charge in [-0.05, 0) is 53.3 Å². The van der Waals surface area contributed by atoms with Gasteiger partial charge in [0.15, 0.2) is 0 Å². The van der Waals surface area contributed by atoms with Gasteiger partial charge in [0.1, 0.15) is 5.75 Å². The molecule has 0 heterocycles. The second-order valence-electron chi connectivity index (χ2n) is 6.00. The second kappa shape index (κ2) is 5.10. The Morgan fingerprint density at radius 1 is 1.10 bits per heavy atom. The molecule has 2 heteroatoms. The van der Waals surface area contributed by atoms with Crippen LogP contribution in [0, 0.1) is 5.92 Å². The van der Waals surface area contributed by atoms with E-state index in [0.29, 0.717) is 5.92 Å². The summed E-state index contributed by atoms with van der Waals surface area (Å²) in [5.41, 5.74) is 0.397. The zero-order valence-corrected chi connectivity index (χ0v) is 12.2. The van der Waals surface area contributed by atoms with E-state index in [-0.39, 0.29) is 0 Å². The van der Waals surface area contributed by atoms with E-state index in [1.165, 1.54) is 6.42 Å². The van der Waals surface area contributed by atoms with E-state index in [0.717, 1.165) is 41.3 Å². The number of methoxy groups -OCH3 is 1. The fourth-order valence-corrected chi connectivity index (χ4v) is 3.38. The Balaban J connectivity index is 2.04. The molecule has 1 fully saturated rings. The average Bonchev–Trinajstić information content (AvgIpc) is 2.49. The maximum atomic E-state index is 11.0. The van der Waals surface area contributed by atoms with Crippen LogP contribution in [-0.4, -0.2) is 12.2 Å². The summed E-state index contributed by atoms with van der Waals surface area (Å²) in [7, 11) is 1.68. The molecule has 2 aromatic carbocycles. The molecule has 20 heavy (non-hydrogen) atoms. The van der Waals surface area contributed by atoms with Gasteiger partial charge in [-0.15, -0.1) is 0 Å². The number of hydrogen-bond donors (Lipinski definition) is 1. The SMILES string of the molecule is COc1ccc2cc(C3(O)CCCCC3C)ccc2c1. The highest BCUT2D eigenvalue weighted by molar-refractivity contribution is 5.84. The molecule has 3 rings (SSSR count). The van der Waals surface area contributed by atoms with Crippen LogP contribution in [0.5, 0.6) is 5.75 Å². The minimum atomic E-state index is -0.660. The molecule has 0 saturated heterocycles. The molecule has 106 valence electrons. The summed E-state index contributed by atoms with van der Waals surface area (Å²) < 4.78 is 5.26. The van der Waals surface area contributed by atoms with Crippen LogP contribution in [0.1, 0.15) is 38.2 Å². The quantitative estimate of drug-likeness (QED) is 0.884. The van der Waals surface area contributed by atoms with E-state index >= 15 is 0 Å². The Morgan fingerprint density at radius 3 is 2.60 bits per heavy atom. The van der Waals surface area contributed by atoms with Crippen LogP contribution in [0.2, 0.25) is 0 Å². The van der Waals surface area contributed by atoms with E-state index in [4.69, 9.17) is 4.74 Å². The molecule has 0 amide bonds. The number of fused-ring (bicyclic) bond motifs is 1. The van der Waals surface area contributed by atoms with Gasteiger partial charge in [0.05, 0.1) is 12.7 Å². The third kappa shape index (κ3) is 2.18. The topological polar surface area (TPSA) is 29.5 Å². The summed E-state index contributed by atoms with van der Waals surface area (Å²) >= 11 is 0. The number of ether oxygens (including phenoxy) is 1. The Hall–Kier alpha value is -1.54. The lowest BCUT2D eigenvalue weighted by Crippen LogP contribution is -2.36. The molecule has 0 spiro atoms. The highest BCUT2D eigenvalue weighted by atomic mass is 16.5. The lowest BCUT2D eigenvalue weighted by atomic mass is 9.72. The van der Waals surface area contributed by atoms with Gasteiger partial charge in [0.25, 0.3) is 0 Å². The van der Waals surface area contributed by atoms with Gasteiger partial charge in [-0.2, -0.15) is 0 Å². The summed E-state index contributed by atoms with van der Waals surface area (Å²) in [4.78, 5) is 0. The number of benzene rings is 2. The van der Waals surface area contributed by atoms with Crippen LogP contribution in [0.15, 0.2) is 36.4 Å². The van der Waals surface area contributed by atoms with Gasteiger partial charge in [-0.3, -0.25) is 0 Å². The predicted octanol–water partition coefficient (Wildman–Crippen LogP) is 4.25. The summed E-state index contributed by atoms with van der Waals surface area (Å²) in [5.74, 6) is 1.20. The van der Waals surface area contributed by atoms with Crippen molar-refractivity contribution < 1.29 is 9.84 Å². The first kappa shape index (κ1) is 13.4.